The zero-order valence-corrected chi connectivity index (χ0v) is 31.5. The molecular weight excluding hydrogens is 735 g/mol. The summed E-state index contributed by atoms with van der Waals surface area (Å²) in [6.45, 7) is 3.23. The molecule has 4 amide bonds. The first-order valence-corrected chi connectivity index (χ1v) is 20.3. The van der Waals surface area contributed by atoms with E-state index in [1.807, 2.05) is 19.1 Å². The molecule has 4 aliphatic rings. The smallest absolute Gasteiger partial charge is 0.259 e. The molecule has 3 fully saturated rings. The fraction of sp³-hybridized carbons (Fsp3) is 0.487. The second kappa shape index (κ2) is 14.9. The zero-order valence-electron chi connectivity index (χ0n) is 30.6. The molecule has 1 unspecified atom stereocenters. The van der Waals surface area contributed by atoms with Gasteiger partial charge >= 0.3 is 0 Å². The van der Waals surface area contributed by atoms with Crippen molar-refractivity contribution in [2.75, 3.05) is 6.54 Å². The lowest BCUT2D eigenvalue weighted by Gasteiger charge is -2.30. The molecule has 5 atom stereocenters. The quantitative estimate of drug-likeness (QED) is 0.285. The van der Waals surface area contributed by atoms with Gasteiger partial charge in [0.05, 0.1) is 22.4 Å². The third kappa shape index (κ3) is 7.65. The highest BCUT2D eigenvalue weighted by atomic mass is 32.2. The number of para-hydroxylation sites is 1. The number of aromatic nitrogens is 2. The van der Waals surface area contributed by atoms with Gasteiger partial charge in [-0.15, -0.1) is 0 Å². The van der Waals surface area contributed by atoms with Gasteiger partial charge in [0.1, 0.15) is 40.8 Å². The number of carbonyl (C=O) groups excluding carboxylic acids is 4. The van der Waals surface area contributed by atoms with Gasteiger partial charge in [-0.05, 0) is 76.1 Å². The third-order valence-corrected chi connectivity index (χ3v) is 13.4. The second-order valence-corrected chi connectivity index (χ2v) is 17.3. The Labute approximate surface area is 317 Å². The first-order valence-electron chi connectivity index (χ1n) is 18.8. The van der Waals surface area contributed by atoms with Gasteiger partial charge in [0, 0.05) is 12.3 Å². The molecular formula is C39H44F2N6O7S. The number of hydrogen-bond acceptors (Lipinski definition) is 9. The van der Waals surface area contributed by atoms with Gasteiger partial charge in [0.25, 0.3) is 11.8 Å². The number of rotatable bonds is 8. The SMILES string of the molecule is CCc1nc2cccc(F)c2nc1O[C@@H]1C[C@H]2C(=O)N[C@]3(C(=O)NS(=O)(=O)C4(C)CC4)CC3/C=C\CCCCC[C@H](NC(=O)c3ccccc3F)C(=O)N2C1. The summed E-state index contributed by atoms with van der Waals surface area (Å²) in [5.74, 6) is -4.82. The monoisotopic (exact) mass is 778 g/mol. The molecule has 0 radical (unpaired) electrons. The summed E-state index contributed by atoms with van der Waals surface area (Å²) in [4.78, 5) is 66.3. The number of hydrogen-bond donors (Lipinski definition) is 3. The standard InChI is InChI=1S/C39H44F2N6O7S/c1-3-28-35(44-32-27(41)15-11-17-29(32)42-28)54-24-20-31-34(49)45-39(37(51)46-55(52,53)38(2)18-19-38)21-23(39)12-7-5-4-6-8-16-30(36(50)47(31)22-24)43-33(48)25-13-9-10-14-26(25)40/h7,9-15,17,23-24,30-31H,3-6,8,16,18-22H2,1-2H3,(H,43,48)(H,45,49)(H,46,51)/b12-7-/t23?,24-,30+,31+,39-/m1/s1. The molecule has 3 N–H and O–H groups in total. The van der Waals surface area contributed by atoms with Crippen LogP contribution in [0.5, 0.6) is 5.88 Å². The van der Waals surface area contributed by atoms with E-state index in [-0.39, 0.29) is 42.8 Å². The van der Waals surface area contributed by atoms with Crippen LogP contribution in [0.25, 0.3) is 11.0 Å². The minimum atomic E-state index is -4.04. The minimum absolute atomic E-state index is 0.0110. The van der Waals surface area contributed by atoms with Crippen molar-refractivity contribution < 1.29 is 41.1 Å². The summed E-state index contributed by atoms with van der Waals surface area (Å²) in [7, 11) is -4.04. The maximum Gasteiger partial charge on any atom is 0.259 e. The largest absolute Gasteiger partial charge is 0.471 e. The van der Waals surface area contributed by atoms with Crippen molar-refractivity contribution in [2.45, 2.75) is 107 Å². The lowest BCUT2D eigenvalue weighted by atomic mass is 10.0. The molecule has 2 aromatic carbocycles. The van der Waals surface area contributed by atoms with Crippen LogP contribution in [-0.4, -0.2) is 81.9 Å². The maximum absolute atomic E-state index is 14.8. The second-order valence-electron chi connectivity index (χ2n) is 15.1. The molecule has 3 heterocycles. The number of aryl methyl sites for hydroxylation is 1. The van der Waals surface area contributed by atoms with Crippen molar-refractivity contribution in [1.29, 1.82) is 0 Å². The van der Waals surface area contributed by atoms with E-state index in [4.69, 9.17) is 4.74 Å². The van der Waals surface area contributed by atoms with E-state index in [0.29, 0.717) is 49.7 Å². The summed E-state index contributed by atoms with van der Waals surface area (Å²) in [5.41, 5.74) is -1.08. The number of sulfonamides is 1. The topological polar surface area (TPSA) is 177 Å². The number of nitrogens with zero attached hydrogens (tertiary/aromatic N) is 3. The molecule has 13 nitrogen and oxygen atoms in total. The molecule has 2 aliphatic heterocycles. The Morgan fingerprint density at radius 1 is 1.04 bits per heavy atom. The van der Waals surface area contributed by atoms with Gasteiger partial charge in [-0.1, -0.05) is 50.1 Å². The maximum atomic E-state index is 14.8. The van der Waals surface area contributed by atoms with Gasteiger partial charge in [-0.3, -0.25) is 23.9 Å². The predicted octanol–water partition coefficient (Wildman–Crippen LogP) is 4.01. The molecule has 3 aromatic rings. The molecule has 7 rings (SSSR count). The number of nitrogens with one attached hydrogen (secondary N) is 3. The van der Waals surface area contributed by atoms with E-state index in [2.05, 4.69) is 25.3 Å². The highest BCUT2D eigenvalue weighted by Gasteiger charge is 2.63. The molecule has 2 aliphatic carbocycles. The van der Waals surface area contributed by atoms with Crippen LogP contribution in [0, 0.1) is 17.6 Å². The van der Waals surface area contributed by atoms with Gasteiger partial charge in [-0.2, -0.15) is 0 Å². The first kappa shape index (κ1) is 38.3. The van der Waals surface area contributed by atoms with E-state index in [1.54, 1.807) is 13.0 Å². The van der Waals surface area contributed by atoms with E-state index >= 15 is 0 Å². The fourth-order valence-corrected chi connectivity index (χ4v) is 8.69. The number of halogens is 2. The zero-order chi connectivity index (χ0) is 39.1. The van der Waals surface area contributed by atoms with Gasteiger partial charge in [0.2, 0.25) is 27.7 Å². The first-order chi connectivity index (χ1) is 26.2. The van der Waals surface area contributed by atoms with Crippen LogP contribution in [-0.2, 0) is 30.8 Å². The van der Waals surface area contributed by atoms with Crippen LogP contribution in [0.4, 0.5) is 8.78 Å². The summed E-state index contributed by atoms with van der Waals surface area (Å²) < 4.78 is 63.2. The van der Waals surface area contributed by atoms with E-state index < -0.39 is 79.7 Å². The summed E-state index contributed by atoms with van der Waals surface area (Å²) in [6, 6.07) is 7.41. The number of allylic oxidation sites excluding steroid dienone is 1. The van der Waals surface area contributed by atoms with Crippen LogP contribution in [0.1, 0.15) is 87.7 Å². The van der Waals surface area contributed by atoms with Crippen molar-refractivity contribution in [3.8, 4) is 5.88 Å². The van der Waals surface area contributed by atoms with Crippen molar-refractivity contribution in [3.05, 3.63) is 77.5 Å². The van der Waals surface area contributed by atoms with E-state index in [0.717, 1.165) is 12.5 Å². The average Bonchev–Trinajstić information content (AvgIpc) is 4.03. The van der Waals surface area contributed by atoms with Crippen molar-refractivity contribution in [2.24, 2.45) is 5.92 Å². The van der Waals surface area contributed by atoms with Crippen LogP contribution >= 0.6 is 0 Å². The summed E-state index contributed by atoms with van der Waals surface area (Å²) in [5, 5.41) is 5.51. The number of amides is 4. The highest BCUT2D eigenvalue weighted by Crippen LogP contribution is 2.47. The lowest BCUT2D eigenvalue weighted by molar-refractivity contribution is -0.141. The lowest BCUT2D eigenvalue weighted by Crippen LogP contribution is -2.58. The van der Waals surface area contributed by atoms with Crippen LogP contribution < -0.4 is 20.1 Å². The summed E-state index contributed by atoms with van der Waals surface area (Å²) >= 11 is 0. The fourth-order valence-electron chi connectivity index (χ4n) is 7.37. The molecule has 2 saturated carbocycles. The van der Waals surface area contributed by atoms with Crippen LogP contribution in [0.2, 0.25) is 0 Å². The van der Waals surface area contributed by atoms with Crippen LogP contribution in [0.3, 0.4) is 0 Å². The van der Waals surface area contributed by atoms with Crippen molar-refractivity contribution in [1.82, 2.24) is 30.2 Å². The number of ether oxygens (including phenoxy) is 1. The Kier molecular flexibility index (Phi) is 10.4. The van der Waals surface area contributed by atoms with Gasteiger partial charge in [0.15, 0.2) is 5.82 Å². The highest BCUT2D eigenvalue weighted by molar-refractivity contribution is 7.91. The van der Waals surface area contributed by atoms with Crippen LogP contribution in [0.15, 0.2) is 54.6 Å². The third-order valence-electron chi connectivity index (χ3n) is 11.2. The van der Waals surface area contributed by atoms with Crippen molar-refractivity contribution in [3.63, 3.8) is 0 Å². The Morgan fingerprint density at radius 2 is 1.80 bits per heavy atom. The van der Waals surface area contributed by atoms with Gasteiger partial charge < -0.3 is 20.3 Å². The molecule has 1 aromatic heterocycles. The van der Waals surface area contributed by atoms with E-state index in [9.17, 15) is 36.4 Å². The van der Waals surface area contributed by atoms with Gasteiger partial charge in [-0.25, -0.2) is 27.2 Å². The van der Waals surface area contributed by atoms with Crippen molar-refractivity contribution >= 4 is 44.7 Å². The molecule has 16 heteroatoms. The predicted molar refractivity (Wildman–Crippen MR) is 197 cm³/mol. The Morgan fingerprint density at radius 3 is 2.55 bits per heavy atom. The average molecular weight is 779 g/mol. The summed E-state index contributed by atoms with van der Waals surface area (Å²) in [6.07, 6.45) is 6.86. The number of carbonyl (C=O) groups is 4. The minimum Gasteiger partial charge on any atom is -0.471 e. The molecule has 55 heavy (non-hydrogen) atoms. The normalized spacial score (nSPS) is 27.1. The number of benzene rings is 2. The molecule has 0 bridgehead atoms. The Hall–Kier alpha value is -4.99. The Balaban J connectivity index is 1.21. The number of fused-ring (bicyclic) bond motifs is 3. The van der Waals surface area contributed by atoms with E-state index in [1.165, 1.54) is 35.2 Å². The molecule has 292 valence electrons. The molecule has 1 saturated heterocycles. The Bertz CT molecular complexity index is 2180. The molecule has 0 spiro atoms.